The number of ether oxygens (including phenoxy) is 1. The van der Waals surface area contributed by atoms with Crippen LogP contribution in [-0.4, -0.2) is 24.6 Å². The van der Waals surface area contributed by atoms with Crippen LogP contribution in [0.1, 0.15) is 24.2 Å². The number of benzene rings is 2. The molecule has 0 aliphatic rings. The Hall–Kier alpha value is -2.87. The zero-order valence-electron chi connectivity index (χ0n) is 14.6. The van der Waals surface area contributed by atoms with Gasteiger partial charge in [-0.05, 0) is 44.2 Å². The molecule has 3 amide bonds. The number of halogens is 3. The van der Waals surface area contributed by atoms with Crippen molar-refractivity contribution >= 4 is 34.9 Å². The van der Waals surface area contributed by atoms with Crippen molar-refractivity contribution in [3.05, 3.63) is 53.1 Å². The first kappa shape index (κ1) is 20.4. The molecular weight excluding hydrogens is 380 g/mol. The van der Waals surface area contributed by atoms with E-state index in [4.69, 9.17) is 11.6 Å². The average molecular weight is 398 g/mol. The van der Waals surface area contributed by atoms with Crippen molar-refractivity contribution in [2.45, 2.75) is 26.5 Å². The molecule has 0 saturated heterocycles. The summed E-state index contributed by atoms with van der Waals surface area (Å²) in [4.78, 5) is 24.4. The second-order valence-corrected chi connectivity index (χ2v) is 6.18. The van der Waals surface area contributed by atoms with Crippen molar-refractivity contribution in [2.24, 2.45) is 0 Å². The molecule has 2 rings (SSSR count). The predicted molar refractivity (Wildman–Crippen MR) is 99.8 cm³/mol. The van der Waals surface area contributed by atoms with Gasteiger partial charge in [0, 0.05) is 11.7 Å². The number of rotatable bonds is 6. The highest BCUT2D eigenvalue weighted by atomic mass is 35.5. The maximum atomic E-state index is 12.5. The molecule has 0 spiro atoms. The minimum absolute atomic E-state index is 0.0675. The molecule has 6 nitrogen and oxygen atoms in total. The third-order valence-electron chi connectivity index (χ3n) is 3.25. The van der Waals surface area contributed by atoms with Crippen molar-refractivity contribution in [3.63, 3.8) is 0 Å². The number of hydrogen-bond acceptors (Lipinski definition) is 3. The number of carbonyl (C=O) groups is 2. The van der Waals surface area contributed by atoms with Crippen LogP contribution in [-0.2, 0) is 0 Å². The van der Waals surface area contributed by atoms with Gasteiger partial charge in [-0.1, -0.05) is 23.7 Å². The molecule has 0 fully saturated rings. The van der Waals surface area contributed by atoms with Crippen LogP contribution in [0.4, 0.5) is 25.0 Å². The van der Waals surface area contributed by atoms with Crippen molar-refractivity contribution in [2.75, 3.05) is 10.6 Å². The smallest absolute Gasteiger partial charge is 0.387 e. The molecule has 0 aliphatic heterocycles. The normalized spacial score (nSPS) is 10.6. The van der Waals surface area contributed by atoms with Crippen LogP contribution in [0.15, 0.2) is 42.5 Å². The van der Waals surface area contributed by atoms with Crippen LogP contribution in [0.25, 0.3) is 0 Å². The molecule has 0 saturated carbocycles. The molecule has 2 aromatic rings. The van der Waals surface area contributed by atoms with E-state index in [1.54, 1.807) is 18.2 Å². The third-order valence-corrected chi connectivity index (χ3v) is 3.54. The van der Waals surface area contributed by atoms with Gasteiger partial charge in [0.05, 0.1) is 16.3 Å². The fourth-order valence-electron chi connectivity index (χ4n) is 2.18. The number of hydrogen-bond donors (Lipinski definition) is 3. The number of amides is 3. The van der Waals surface area contributed by atoms with Crippen molar-refractivity contribution in [3.8, 4) is 5.75 Å². The highest BCUT2D eigenvalue weighted by molar-refractivity contribution is 6.32. The van der Waals surface area contributed by atoms with Crippen molar-refractivity contribution in [1.82, 2.24) is 5.32 Å². The van der Waals surface area contributed by atoms with Gasteiger partial charge >= 0.3 is 12.6 Å². The van der Waals surface area contributed by atoms with Crippen LogP contribution >= 0.6 is 11.6 Å². The number of anilines is 2. The summed E-state index contributed by atoms with van der Waals surface area (Å²) in [6, 6.07) is 9.83. The number of urea groups is 1. The third kappa shape index (κ3) is 6.10. The van der Waals surface area contributed by atoms with E-state index in [9.17, 15) is 18.4 Å². The Balaban J connectivity index is 2.14. The number of carbonyl (C=O) groups excluding carboxylic acids is 2. The lowest BCUT2D eigenvalue weighted by Crippen LogP contribution is -2.34. The molecule has 27 heavy (non-hydrogen) atoms. The van der Waals surface area contributed by atoms with Gasteiger partial charge < -0.3 is 20.7 Å². The van der Waals surface area contributed by atoms with Crippen LogP contribution in [0, 0.1) is 0 Å². The molecule has 9 heteroatoms. The molecule has 0 unspecified atom stereocenters. The lowest BCUT2D eigenvalue weighted by atomic mass is 10.1. The second kappa shape index (κ2) is 9.18. The van der Waals surface area contributed by atoms with Crippen LogP contribution < -0.4 is 20.7 Å². The highest BCUT2D eigenvalue weighted by Gasteiger charge is 2.15. The Morgan fingerprint density at radius 1 is 1.07 bits per heavy atom. The van der Waals surface area contributed by atoms with Gasteiger partial charge in [-0.15, -0.1) is 0 Å². The summed E-state index contributed by atoms with van der Waals surface area (Å²) in [5.41, 5.74) is 0.824. The van der Waals surface area contributed by atoms with Crippen LogP contribution in [0.5, 0.6) is 5.75 Å². The van der Waals surface area contributed by atoms with Gasteiger partial charge in [-0.3, -0.25) is 4.79 Å². The number of alkyl halides is 2. The van der Waals surface area contributed by atoms with Crippen molar-refractivity contribution < 1.29 is 23.1 Å². The van der Waals surface area contributed by atoms with E-state index < -0.39 is 18.5 Å². The lowest BCUT2D eigenvalue weighted by molar-refractivity contribution is -0.0497. The molecule has 3 N–H and O–H groups in total. The molecular formula is C18H18ClF2N3O3. The van der Waals surface area contributed by atoms with Gasteiger partial charge in [0.2, 0.25) is 0 Å². The van der Waals surface area contributed by atoms with Crippen LogP contribution in [0.3, 0.4) is 0 Å². The first-order chi connectivity index (χ1) is 12.8. The molecule has 0 radical (unpaired) electrons. The minimum Gasteiger partial charge on any atom is -0.433 e. The highest BCUT2D eigenvalue weighted by Crippen LogP contribution is 2.29. The molecule has 0 bridgehead atoms. The zero-order valence-corrected chi connectivity index (χ0v) is 15.3. The predicted octanol–water partition coefficient (Wildman–Crippen LogP) is 4.72. The maximum absolute atomic E-state index is 12.5. The molecule has 2 aromatic carbocycles. The van der Waals surface area contributed by atoms with Gasteiger partial charge in [0.1, 0.15) is 5.75 Å². The summed E-state index contributed by atoms with van der Waals surface area (Å²) in [5, 5.41) is 7.79. The minimum atomic E-state index is -3.00. The summed E-state index contributed by atoms with van der Waals surface area (Å²) < 4.78 is 28.8. The Kier molecular flexibility index (Phi) is 6.95. The summed E-state index contributed by atoms with van der Waals surface area (Å²) in [6.45, 7) is 0.616. The molecule has 0 aliphatic carbocycles. The summed E-state index contributed by atoms with van der Waals surface area (Å²) in [7, 11) is 0. The van der Waals surface area contributed by atoms with E-state index in [1.807, 2.05) is 13.8 Å². The average Bonchev–Trinajstić information content (AvgIpc) is 2.56. The van der Waals surface area contributed by atoms with E-state index in [1.165, 1.54) is 24.3 Å². The first-order valence-electron chi connectivity index (χ1n) is 7.98. The molecule has 0 atom stereocenters. The van der Waals surface area contributed by atoms with E-state index >= 15 is 0 Å². The van der Waals surface area contributed by atoms with E-state index in [-0.39, 0.29) is 28.1 Å². The Morgan fingerprint density at radius 2 is 1.78 bits per heavy atom. The Labute approximate surface area is 159 Å². The largest absolute Gasteiger partial charge is 0.433 e. The van der Waals surface area contributed by atoms with E-state index in [0.717, 1.165) is 0 Å². The van der Waals surface area contributed by atoms with E-state index in [2.05, 4.69) is 20.7 Å². The fourth-order valence-corrected chi connectivity index (χ4v) is 2.40. The monoisotopic (exact) mass is 397 g/mol. The van der Waals surface area contributed by atoms with Crippen LogP contribution in [0.2, 0.25) is 5.02 Å². The lowest BCUT2D eigenvalue weighted by Gasteiger charge is -2.14. The van der Waals surface area contributed by atoms with E-state index in [0.29, 0.717) is 5.69 Å². The topological polar surface area (TPSA) is 79.5 Å². The van der Waals surface area contributed by atoms with Gasteiger partial charge in [0.25, 0.3) is 5.91 Å². The zero-order chi connectivity index (χ0) is 20.0. The maximum Gasteiger partial charge on any atom is 0.387 e. The SMILES string of the molecule is CC(C)NC(=O)Nc1ccccc1C(=O)Nc1ccc(OC(F)F)c(Cl)c1. The first-order valence-corrected chi connectivity index (χ1v) is 8.36. The Morgan fingerprint density at radius 3 is 2.41 bits per heavy atom. The quantitative estimate of drug-likeness (QED) is 0.659. The molecule has 0 aromatic heterocycles. The number of para-hydroxylation sites is 1. The van der Waals surface area contributed by atoms with Crippen molar-refractivity contribution in [1.29, 1.82) is 0 Å². The summed E-state index contributed by atoms with van der Waals surface area (Å²) in [6.07, 6.45) is 0. The standard InChI is InChI=1S/C18H18ClF2N3O3/c1-10(2)22-18(26)24-14-6-4-3-5-12(14)16(25)23-11-7-8-15(13(19)9-11)27-17(20)21/h3-10,17H,1-2H3,(H,23,25)(H2,22,24,26). The van der Waals surface area contributed by atoms with Gasteiger partial charge in [0.15, 0.2) is 0 Å². The summed E-state index contributed by atoms with van der Waals surface area (Å²) >= 11 is 5.88. The molecule has 144 valence electrons. The Bertz CT molecular complexity index is 831. The number of nitrogens with one attached hydrogen (secondary N) is 3. The summed E-state index contributed by atoms with van der Waals surface area (Å²) in [5.74, 6) is -0.703. The second-order valence-electron chi connectivity index (χ2n) is 5.78. The van der Waals surface area contributed by atoms with Gasteiger partial charge in [-0.25, -0.2) is 4.79 Å². The van der Waals surface area contributed by atoms with Gasteiger partial charge in [-0.2, -0.15) is 8.78 Å². The fraction of sp³-hybridized carbons (Fsp3) is 0.222. The molecule has 0 heterocycles.